The first-order valence-corrected chi connectivity index (χ1v) is 7.95. The number of carboxylic acid groups (broad SMARTS) is 1. The molecule has 20 heavy (non-hydrogen) atoms. The van der Waals surface area contributed by atoms with Crippen molar-refractivity contribution < 1.29 is 18.5 Å². The van der Waals surface area contributed by atoms with Crippen molar-refractivity contribution in [3.63, 3.8) is 0 Å². The van der Waals surface area contributed by atoms with Gasteiger partial charge in [0.2, 0.25) is 5.76 Å². The van der Waals surface area contributed by atoms with E-state index >= 15 is 0 Å². The van der Waals surface area contributed by atoms with E-state index in [-0.39, 0.29) is 5.76 Å². The quantitative estimate of drug-likeness (QED) is 0.932. The van der Waals surface area contributed by atoms with Gasteiger partial charge in [-0.3, -0.25) is 9.11 Å². The van der Waals surface area contributed by atoms with Gasteiger partial charge in [-0.25, -0.2) is 4.79 Å². The van der Waals surface area contributed by atoms with Crippen molar-refractivity contribution in [2.45, 2.75) is 6.54 Å². The monoisotopic (exact) mass is 293 g/mol. The third-order valence-corrected chi connectivity index (χ3v) is 4.82. The standard InChI is InChI=1S/C14H15NO4S/c16-14(17)13-11(9-15-5-7-20(18)8-6-15)10-3-1-2-4-12(10)19-13/h1-4H,5-9H2,(H,16,17). The largest absolute Gasteiger partial charge is 0.475 e. The Morgan fingerprint density at radius 2 is 2.00 bits per heavy atom. The zero-order chi connectivity index (χ0) is 14.1. The Balaban J connectivity index is 1.94. The molecule has 0 atom stereocenters. The number of benzene rings is 1. The van der Waals surface area contributed by atoms with Crippen LogP contribution in [0.15, 0.2) is 28.7 Å². The van der Waals surface area contributed by atoms with Crippen molar-refractivity contribution in [1.29, 1.82) is 0 Å². The summed E-state index contributed by atoms with van der Waals surface area (Å²) in [6.07, 6.45) is 0. The van der Waals surface area contributed by atoms with E-state index in [2.05, 4.69) is 4.90 Å². The van der Waals surface area contributed by atoms with Crippen LogP contribution in [-0.2, 0) is 17.3 Å². The molecule has 2 aromatic rings. The predicted molar refractivity (Wildman–Crippen MR) is 76.3 cm³/mol. The van der Waals surface area contributed by atoms with Gasteiger partial charge < -0.3 is 9.52 Å². The fourth-order valence-electron chi connectivity index (χ4n) is 2.49. The molecule has 0 amide bonds. The molecule has 0 spiro atoms. The lowest BCUT2D eigenvalue weighted by molar-refractivity contribution is 0.0661. The third-order valence-electron chi connectivity index (χ3n) is 3.54. The summed E-state index contributed by atoms with van der Waals surface area (Å²) in [4.78, 5) is 13.5. The van der Waals surface area contributed by atoms with Gasteiger partial charge in [0, 0.05) is 52.9 Å². The van der Waals surface area contributed by atoms with Gasteiger partial charge in [-0.1, -0.05) is 18.2 Å². The highest BCUT2D eigenvalue weighted by atomic mass is 32.2. The lowest BCUT2D eigenvalue weighted by atomic mass is 10.1. The second-order valence-corrected chi connectivity index (χ2v) is 6.53. The van der Waals surface area contributed by atoms with Gasteiger partial charge in [-0.15, -0.1) is 0 Å². The van der Waals surface area contributed by atoms with Gasteiger partial charge in [-0.05, 0) is 6.07 Å². The van der Waals surface area contributed by atoms with E-state index in [1.165, 1.54) is 0 Å². The number of carboxylic acids is 1. The summed E-state index contributed by atoms with van der Waals surface area (Å²) in [6.45, 7) is 1.98. The van der Waals surface area contributed by atoms with Crippen molar-refractivity contribution in [3.05, 3.63) is 35.6 Å². The Hall–Kier alpha value is -1.66. The molecule has 1 aromatic carbocycles. The molecular weight excluding hydrogens is 278 g/mol. The molecule has 1 aliphatic heterocycles. The molecule has 1 aromatic heterocycles. The van der Waals surface area contributed by atoms with E-state index in [1.807, 2.05) is 18.2 Å². The van der Waals surface area contributed by atoms with Crippen LogP contribution in [0.3, 0.4) is 0 Å². The lowest BCUT2D eigenvalue weighted by Crippen LogP contribution is -2.37. The molecule has 0 aliphatic carbocycles. The van der Waals surface area contributed by atoms with Crippen LogP contribution in [0, 0.1) is 0 Å². The Morgan fingerprint density at radius 1 is 1.30 bits per heavy atom. The van der Waals surface area contributed by atoms with Crippen molar-refractivity contribution in [1.82, 2.24) is 4.90 Å². The van der Waals surface area contributed by atoms with Crippen LogP contribution in [0.5, 0.6) is 0 Å². The van der Waals surface area contributed by atoms with Gasteiger partial charge >= 0.3 is 5.97 Å². The minimum Gasteiger partial charge on any atom is -0.475 e. The Bertz CT molecular complexity index is 669. The second kappa shape index (κ2) is 5.38. The molecular formula is C14H15NO4S. The van der Waals surface area contributed by atoms with Crippen LogP contribution in [0.1, 0.15) is 16.1 Å². The van der Waals surface area contributed by atoms with E-state index in [0.29, 0.717) is 29.2 Å². The average molecular weight is 293 g/mol. The number of carbonyl (C=O) groups is 1. The van der Waals surface area contributed by atoms with Crippen LogP contribution in [0.4, 0.5) is 0 Å². The molecule has 2 heterocycles. The number of fused-ring (bicyclic) bond motifs is 1. The molecule has 5 nitrogen and oxygen atoms in total. The number of rotatable bonds is 3. The fraction of sp³-hybridized carbons (Fsp3) is 0.357. The smallest absolute Gasteiger partial charge is 0.372 e. The molecule has 0 radical (unpaired) electrons. The normalized spacial score (nSPS) is 17.6. The van der Waals surface area contributed by atoms with Crippen LogP contribution in [-0.4, -0.2) is 44.8 Å². The lowest BCUT2D eigenvalue weighted by Gasteiger charge is -2.25. The summed E-state index contributed by atoms with van der Waals surface area (Å²) in [5.41, 5.74) is 1.31. The highest BCUT2D eigenvalue weighted by Crippen LogP contribution is 2.27. The Labute approximate surface area is 118 Å². The van der Waals surface area contributed by atoms with E-state index in [1.54, 1.807) is 6.07 Å². The molecule has 1 saturated heterocycles. The predicted octanol–water partition coefficient (Wildman–Crippen LogP) is 1.70. The first kappa shape index (κ1) is 13.3. The number of para-hydroxylation sites is 1. The topological polar surface area (TPSA) is 70.8 Å². The van der Waals surface area contributed by atoms with Crippen molar-refractivity contribution in [2.24, 2.45) is 0 Å². The molecule has 0 bridgehead atoms. The number of aromatic carboxylic acids is 1. The van der Waals surface area contributed by atoms with Gasteiger partial charge in [0.25, 0.3) is 0 Å². The van der Waals surface area contributed by atoms with Gasteiger partial charge in [0.15, 0.2) is 0 Å². The summed E-state index contributed by atoms with van der Waals surface area (Å²) in [5.74, 6) is 0.269. The molecule has 0 saturated carbocycles. The van der Waals surface area contributed by atoms with Crippen LogP contribution in [0.25, 0.3) is 11.0 Å². The zero-order valence-corrected chi connectivity index (χ0v) is 11.7. The number of nitrogens with zero attached hydrogens (tertiary/aromatic N) is 1. The summed E-state index contributed by atoms with van der Waals surface area (Å²) < 4.78 is 16.8. The maximum Gasteiger partial charge on any atom is 0.372 e. The van der Waals surface area contributed by atoms with Crippen LogP contribution in [0.2, 0.25) is 0 Å². The summed E-state index contributed by atoms with van der Waals surface area (Å²) in [7, 11) is -0.732. The minimum atomic E-state index is -1.04. The summed E-state index contributed by atoms with van der Waals surface area (Å²) >= 11 is 0. The van der Waals surface area contributed by atoms with Crippen molar-refractivity contribution in [2.75, 3.05) is 24.6 Å². The highest BCUT2D eigenvalue weighted by Gasteiger charge is 2.23. The molecule has 6 heteroatoms. The van der Waals surface area contributed by atoms with E-state index in [4.69, 9.17) is 4.42 Å². The first-order valence-electron chi connectivity index (χ1n) is 6.46. The average Bonchev–Trinajstić information content (AvgIpc) is 2.81. The highest BCUT2D eigenvalue weighted by molar-refractivity contribution is 7.85. The molecule has 1 fully saturated rings. The first-order chi connectivity index (χ1) is 9.65. The Morgan fingerprint density at radius 3 is 2.70 bits per heavy atom. The van der Waals surface area contributed by atoms with Gasteiger partial charge in [0.1, 0.15) is 5.58 Å². The Kier molecular flexibility index (Phi) is 3.58. The minimum absolute atomic E-state index is 0.0119. The third kappa shape index (κ3) is 2.48. The van der Waals surface area contributed by atoms with E-state index < -0.39 is 16.8 Å². The number of hydrogen-bond donors (Lipinski definition) is 1. The molecule has 1 N–H and O–H groups in total. The van der Waals surface area contributed by atoms with Crippen molar-refractivity contribution >= 4 is 27.7 Å². The van der Waals surface area contributed by atoms with Gasteiger partial charge in [0.05, 0.1) is 0 Å². The maximum atomic E-state index is 11.4. The van der Waals surface area contributed by atoms with E-state index in [0.717, 1.165) is 18.5 Å². The summed E-state index contributed by atoms with van der Waals surface area (Å²) in [5, 5.41) is 10.1. The number of hydrogen-bond acceptors (Lipinski definition) is 4. The maximum absolute atomic E-state index is 11.4. The molecule has 1 aliphatic rings. The van der Waals surface area contributed by atoms with Crippen LogP contribution < -0.4 is 0 Å². The van der Waals surface area contributed by atoms with Crippen LogP contribution >= 0.6 is 0 Å². The fourth-order valence-corrected chi connectivity index (χ4v) is 3.61. The summed E-state index contributed by atoms with van der Waals surface area (Å²) in [6, 6.07) is 7.35. The SMILES string of the molecule is O=C(O)c1oc2ccccc2c1CN1CCS(=O)CC1. The van der Waals surface area contributed by atoms with Gasteiger partial charge in [-0.2, -0.15) is 0 Å². The van der Waals surface area contributed by atoms with Crippen molar-refractivity contribution in [3.8, 4) is 0 Å². The van der Waals surface area contributed by atoms with E-state index in [9.17, 15) is 14.1 Å². The molecule has 106 valence electrons. The molecule has 0 unspecified atom stereocenters. The second-order valence-electron chi connectivity index (χ2n) is 4.84. The number of furan rings is 1. The zero-order valence-electron chi connectivity index (χ0n) is 10.9. The molecule has 3 rings (SSSR count).